The zero-order valence-electron chi connectivity index (χ0n) is 6.83. The van der Waals surface area contributed by atoms with Gasteiger partial charge in [-0.3, -0.25) is 4.98 Å². The maximum atomic E-state index is 13.0. The molecule has 0 saturated carbocycles. The van der Waals surface area contributed by atoms with Gasteiger partial charge >= 0.3 is 0 Å². The molecule has 0 bridgehead atoms. The maximum absolute atomic E-state index is 13.0. The van der Waals surface area contributed by atoms with Gasteiger partial charge in [0.15, 0.2) is 5.82 Å². The van der Waals surface area contributed by atoms with Gasteiger partial charge in [0.25, 0.3) is 0 Å². The predicted octanol–water partition coefficient (Wildman–Crippen LogP) is 2.29. The lowest BCUT2D eigenvalue weighted by Gasteiger charge is -1.99. The fourth-order valence-corrected chi connectivity index (χ4v) is 1.26. The minimum atomic E-state index is -0.637. The number of fused-ring (bicyclic) bond motifs is 1. The Bertz CT molecular complexity index is 547. The van der Waals surface area contributed by atoms with Crippen molar-refractivity contribution in [2.75, 3.05) is 0 Å². The molecule has 14 heavy (non-hydrogen) atoms. The van der Waals surface area contributed by atoms with Crippen LogP contribution in [0.25, 0.3) is 11.0 Å². The van der Waals surface area contributed by atoms with Gasteiger partial charge in [0, 0.05) is 0 Å². The van der Waals surface area contributed by atoms with E-state index in [1.54, 1.807) is 6.07 Å². The summed E-state index contributed by atoms with van der Waals surface area (Å²) in [6, 6.07) is 4.92. The third-order valence-corrected chi connectivity index (χ3v) is 2.08. The van der Waals surface area contributed by atoms with Gasteiger partial charge in [0.2, 0.25) is 0 Å². The molecule has 68 valence electrons. The standard InChI is InChI=1S/C9H3ClFN3/c10-8-6(11)4-13-7-2-1-5(3-12)14-9(7)8/h1-2,4H. The van der Waals surface area contributed by atoms with E-state index in [-0.39, 0.29) is 16.2 Å². The zero-order chi connectivity index (χ0) is 10.1. The topological polar surface area (TPSA) is 49.6 Å². The van der Waals surface area contributed by atoms with Gasteiger partial charge in [-0.15, -0.1) is 0 Å². The van der Waals surface area contributed by atoms with Gasteiger partial charge in [0.1, 0.15) is 22.3 Å². The Kier molecular flexibility index (Phi) is 2.02. The summed E-state index contributed by atoms with van der Waals surface area (Å²) in [7, 11) is 0. The molecule has 0 aliphatic carbocycles. The van der Waals surface area contributed by atoms with Gasteiger partial charge in [-0.25, -0.2) is 9.37 Å². The molecule has 0 saturated heterocycles. The summed E-state index contributed by atoms with van der Waals surface area (Å²) in [5, 5.41) is 8.48. The molecule has 0 radical (unpaired) electrons. The molecule has 5 heteroatoms. The van der Waals surface area contributed by atoms with E-state index in [0.717, 1.165) is 6.20 Å². The average molecular weight is 208 g/mol. The number of rotatable bonds is 0. The average Bonchev–Trinajstić information content (AvgIpc) is 2.23. The van der Waals surface area contributed by atoms with Crippen LogP contribution in [0.15, 0.2) is 18.3 Å². The van der Waals surface area contributed by atoms with Crippen molar-refractivity contribution in [1.82, 2.24) is 9.97 Å². The zero-order valence-corrected chi connectivity index (χ0v) is 7.59. The third kappa shape index (κ3) is 1.28. The molecule has 0 N–H and O–H groups in total. The first-order valence-corrected chi connectivity index (χ1v) is 4.11. The van der Waals surface area contributed by atoms with Crippen molar-refractivity contribution in [2.24, 2.45) is 0 Å². The van der Waals surface area contributed by atoms with Crippen LogP contribution in [0.2, 0.25) is 5.02 Å². The molecule has 2 aromatic rings. The molecule has 2 aromatic heterocycles. The smallest absolute Gasteiger partial charge is 0.162 e. The van der Waals surface area contributed by atoms with E-state index in [4.69, 9.17) is 16.9 Å². The SMILES string of the molecule is N#Cc1ccc2ncc(F)c(Cl)c2n1. The Labute approximate surface area is 83.8 Å². The Hall–Kier alpha value is -1.73. The van der Waals surface area contributed by atoms with Gasteiger partial charge in [-0.05, 0) is 12.1 Å². The first kappa shape index (κ1) is 8.85. The van der Waals surface area contributed by atoms with Gasteiger partial charge in [0.05, 0.1) is 11.7 Å². The van der Waals surface area contributed by atoms with Crippen LogP contribution in [0.4, 0.5) is 4.39 Å². The van der Waals surface area contributed by atoms with Crippen LogP contribution in [-0.4, -0.2) is 9.97 Å². The van der Waals surface area contributed by atoms with Crippen LogP contribution in [0.5, 0.6) is 0 Å². The Morgan fingerprint density at radius 2 is 2.21 bits per heavy atom. The summed E-state index contributed by atoms with van der Waals surface area (Å²) >= 11 is 5.67. The van der Waals surface area contributed by atoms with Crippen LogP contribution in [0.3, 0.4) is 0 Å². The molecule has 0 aliphatic heterocycles. The van der Waals surface area contributed by atoms with Crippen molar-refractivity contribution in [3.63, 3.8) is 0 Å². The van der Waals surface area contributed by atoms with E-state index in [0.29, 0.717) is 5.52 Å². The van der Waals surface area contributed by atoms with Crippen LogP contribution < -0.4 is 0 Å². The lowest BCUT2D eigenvalue weighted by Crippen LogP contribution is -1.90. The van der Waals surface area contributed by atoms with Crippen molar-refractivity contribution < 1.29 is 4.39 Å². The number of hydrogen-bond donors (Lipinski definition) is 0. The van der Waals surface area contributed by atoms with Crippen LogP contribution in [-0.2, 0) is 0 Å². The molecule has 0 aromatic carbocycles. The highest BCUT2D eigenvalue weighted by Gasteiger charge is 2.08. The molecular formula is C9H3ClFN3. The number of aromatic nitrogens is 2. The predicted molar refractivity (Wildman–Crippen MR) is 49.2 cm³/mol. The van der Waals surface area contributed by atoms with Crippen molar-refractivity contribution in [3.8, 4) is 6.07 Å². The van der Waals surface area contributed by atoms with Crippen LogP contribution >= 0.6 is 11.6 Å². The highest BCUT2D eigenvalue weighted by atomic mass is 35.5. The van der Waals surface area contributed by atoms with E-state index in [2.05, 4.69) is 9.97 Å². The molecule has 0 spiro atoms. The van der Waals surface area contributed by atoms with Crippen LogP contribution in [0.1, 0.15) is 5.69 Å². The lowest BCUT2D eigenvalue weighted by atomic mass is 10.3. The summed E-state index contributed by atoms with van der Waals surface area (Å²) in [6.45, 7) is 0. The first-order valence-electron chi connectivity index (χ1n) is 3.73. The minimum absolute atomic E-state index is 0.105. The second kappa shape index (κ2) is 3.20. The van der Waals surface area contributed by atoms with E-state index < -0.39 is 5.82 Å². The first-order chi connectivity index (χ1) is 6.72. The quantitative estimate of drug-likeness (QED) is 0.666. The summed E-state index contributed by atoms with van der Waals surface area (Å²) in [6.07, 6.45) is 1.03. The van der Waals surface area contributed by atoms with Crippen molar-refractivity contribution in [2.45, 2.75) is 0 Å². The summed E-state index contributed by atoms with van der Waals surface area (Å²) in [4.78, 5) is 7.64. The largest absolute Gasteiger partial charge is 0.251 e. The monoisotopic (exact) mass is 207 g/mol. The highest BCUT2D eigenvalue weighted by molar-refractivity contribution is 6.34. The summed E-state index contributed by atoms with van der Waals surface area (Å²) in [5.74, 6) is -0.637. The normalized spacial score (nSPS) is 10.1. The molecule has 0 fully saturated rings. The van der Waals surface area contributed by atoms with Gasteiger partial charge in [-0.2, -0.15) is 5.26 Å². The number of pyridine rings is 2. The molecule has 0 unspecified atom stereocenters. The summed E-state index contributed by atoms with van der Waals surface area (Å²) in [5.41, 5.74) is 0.868. The molecule has 0 amide bonds. The molecular weight excluding hydrogens is 205 g/mol. The number of halogens is 2. The Balaban J connectivity index is 2.86. The lowest BCUT2D eigenvalue weighted by molar-refractivity contribution is 0.624. The van der Waals surface area contributed by atoms with Crippen molar-refractivity contribution in [1.29, 1.82) is 5.26 Å². The van der Waals surface area contributed by atoms with Gasteiger partial charge < -0.3 is 0 Å². The van der Waals surface area contributed by atoms with Gasteiger partial charge in [-0.1, -0.05) is 11.6 Å². The van der Waals surface area contributed by atoms with Crippen molar-refractivity contribution in [3.05, 3.63) is 34.9 Å². The van der Waals surface area contributed by atoms with E-state index in [1.165, 1.54) is 6.07 Å². The van der Waals surface area contributed by atoms with Crippen LogP contribution in [0, 0.1) is 17.1 Å². The maximum Gasteiger partial charge on any atom is 0.162 e. The fourth-order valence-electron chi connectivity index (χ4n) is 1.08. The fraction of sp³-hybridized carbons (Fsp3) is 0. The second-order valence-electron chi connectivity index (χ2n) is 2.60. The molecule has 0 aliphatic rings. The Morgan fingerprint density at radius 3 is 2.93 bits per heavy atom. The van der Waals surface area contributed by atoms with E-state index in [1.807, 2.05) is 6.07 Å². The number of hydrogen-bond acceptors (Lipinski definition) is 3. The van der Waals surface area contributed by atoms with E-state index >= 15 is 0 Å². The number of nitriles is 1. The third-order valence-electron chi connectivity index (χ3n) is 1.72. The molecule has 0 atom stereocenters. The number of nitrogens with zero attached hydrogens (tertiary/aromatic N) is 3. The molecule has 3 nitrogen and oxygen atoms in total. The van der Waals surface area contributed by atoms with E-state index in [9.17, 15) is 4.39 Å². The second-order valence-corrected chi connectivity index (χ2v) is 2.97. The molecule has 2 heterocycles. The molecule has 2 rings (SSSR count). The highest BCUT2D eigenvalue weighted by Crippen LogP contribution is 2.22. The minimum Gasteiger partial charge on any atom is -0.251 e. The van der Waals surface area contributed by atoms with Crippen molar-refractivity contribution >= 4 is 22.6 Å². The summed E-state index contributed by atoms with van der Waals surface area (Å²) < 4.78 is 13.0. The Morgan fingerprint density at radius 1 is 1.43 bits per heavy atom.